The summed E-state index contributed by atoms with van der Waals surface area (Å²) in [7, 11) is 0. The Labute approximate surface area is 141 Å². The summed E-state index contributed by atoms with van der Waals surface area (Å²) in [4.78, 5) is 0. The van der Waals surface area contributed by atoms with E-state index in [1.54, 1.807) is 24.3 Å². The molecule has 2 aromatic carbocycles. The van der Waals surface area contributed by atoms with E-state index < -0.39 is 11.7 Å². The van der Waals surface area contributed by atoms with Crippen LogP contribution in [0.4, 0.5) is 24.5 Å². The van der Waals surface area contributed by atoms with Crippen LogP contribution < -0.4 is 10.6 Å². The van der Waals surface area contributed by atoms with Crippen LogP contribution in [-0.2, 0) is 12.7 Å². The van der Waals surface area contributed by atoms with Gasteiger partial charge in [-0.2, -0.15) is 13.2 Å². The molecule has 0 heterocycles. The molecule has 23 heavy (non-hydrogen) atoms. The fraction of sp³-hybridized carbons (Fsp3) is 0.133. The molecule has 2 aromatic rings. The Morgan fingerprint density at radius 2 is 1.78 bits per heavy atom. The zero-order valence-corrected chi connectivity index (χ0v) is 13.2. The highest BCUT2D eigenvalue weighted by molar-refractivity contribution is 7.80. The van der Waals surface area contributed by atoms with E-state index in [1.165, 1.54) is 12.1 Å². The van der Waals surface area contributed by atoms with Crippen molar-refractivity contribution in [3.63, 3.8) is 0 Å². The molecule has 0 bridgehead atoms. The second-order valence-corrected chi connectivity index (χ2v) is 5.51. The smallest absolute Gasteiger partial charge is 0.417 e. The standard InChI is InChI=1S/C15H12ClF3N3S/c16-13-6-5-11(7-12(13)15(17,18)19)22-14(23)21-8-9-1-3-10(20)4-2-9/h1-7,20H,8H2,(H2,21,22,23)/q-1. The number of hydrogen-bond acceptors (Lipinski definition) is 1. The molecule has 0 saturated carbocycles. The SMILES string of the molecule is [NH-]c1ccc(CNC(=S)Nc2ccc(Cl)c(C(F)(F)F)c2)cc1. The van der Waals surface area contributed by atoms with Crippen molar-refractivity contribution < 1.29 is 13.2 Å². The van der Waals surface area contributed by atoms with Gasteiger partial charge in [-0.25, -0.2) is 0 Å². The number of rotatable bonds is 3. The van der Waals surface area contributed by atoms with Gasteiger partial charge in [-0.05, 0) is 36.0 Å². The maximum Gasteiger partial charge on any atom is 0.417 e. The van der Waals surface area contributed by atoms with Gasteiger partial charge in [-0.1, -0.05) is 35.9 Å². The van der Waals surface area contributed by atoms with Gasteiger partial charge >= 0.3 is 6.18 Å². The van der Waals surface area contributed by atoms with Crippen LogP contribution in [-0.4, -0.2) is 5.11 Å². The first-order valence-electron chi connectivity index (χ1n) is 6.48. The molecule has 0 aromatic heterocycles. The Kier molecular flexibility index (Phi) is 5.33. The zero-order valence-electron chi connectivity index (χ0n) is 11.7. The van der Waals surface area contributed by atoms with Crippen molar-refractivity contribution in [3.05, 3.63) is 64.3 Å². The van der Waals surface area contributed by atoms with E-state index in [-0.39, 0.29) is 15.8 Å². The predicted octanol–water partition coefficient (Wildman–Crippen LogP) is 5.53. The lowest BCUT2D eigenvalue weighted by Crippen LogP contribution is -2.28. The average Bonchev–Trinajstić information content (AvgIpc) is 2.47. The Morgan fingerprint density at radius 1 is 1.13 bits per heavy atom. The molecule has 0 unspecified atom stereocenters. The summed E-state index contributed by atoms with van der Waals surface area (Å²) < 4.78 is 38.4. The van der Waals surface area contributed by atoms with Crippen molar-refractivity contribution in [1.82, 2.24) is 5.32 Å². The van der Waals surface area contributed by atoms with Gasteiger partial charge in [0.2, 0.25) is 0 Å². The van der Waals surface area contributed by atoms with Gasteiger partial charge in [0.25, 0.3) is 0 Å². The number of hydrogen-bond donors (Lipinski definition) is 2. The maximum absolute atomic E-state index is 12.8. The lowest BCUT2D eigenvalue weighted by Gasteiger charge is -2.14. The molecule has 0 fully saturated rings. The molecule has 0 amide bonds. The molecule has 8 heteroatoms. The summed E-state index contributed by atoms with van der Waals surface area (Å²) >= 11 is 10.6. The molecule has 0 spiro atoms. The summed E-state index contributed by atoms with van der Waals surface area (Å²) in [6.45, 7) is 0.395. The van der Waals surface area contributed by atoms with E-state index in [2.05, 4.69) is 10.6 Å². The van der Waals surface area contributed by atoms with Gasteiger partial charge in [-0.3, -0.25) is 0 Å². The Bertz CT molecular complexity index is 702. The fourth-order valence-corrected chi connectivity index (χ4v) is 2.22. The van der Waals surface area contributed by atoms with Gasteiger partial charge in [0.15, 0.2) is 5.11 Å². The summed E-state index contributed by atoms with van der Waals surface area (Å²) in [5.74, 6) is 0. The van der Waals surface area contributed by atoms with Gasteiger partial charge in [0.05, 0.1) is 10.6 Å². The first-order chi connectivity index (χ1) is 10.8. The van der Waals surface area contributed by atoms with Crippen LogP contribution in [0.1, 0.15) is 11.1 Å². The molecule has 0 aliphatic carbocycles. The Balaban J connectivity index is 1.99. The van der Waals surface area contributed by atoms with Crippen LogP contribution >= 0.6 is 23.8 Å². The first-order valence-corrected chi connectivity index (χ1v) is 7.26. The first kappa shape index (κ1) is 17.4. The summed E-state index contributed by atoms with van der Waals surface area (Å²) in [5.41, 5.74) is 7.96. The van der Waals surface area contributed by atoms with E-state index >= 15 is 0 Å². The number of halogens is 4. The molecule has 0 aliphatic rings. The second-order valence-electron chi connectivity index (χ2n) is 4.70. The lowest BCUT2D eigenvalue weighted by atomic mass is 10.2. The van der Waals surface area contributed by atoms with Gasteiger partial charge in [-0.15, -0.1) is 5.69 Å². The van der Waals surface area contributed by atoms with Gasteiger partial charge in [0, 0.05) is 12.2 Å². The van der Waals surface area contributed by atoms with E-state index in [4.69, 9.17) is 29.6 Å². The summed E-state index contributed by atoms with van der Waals surface area (Å²) in [6.07, 6.45) is -4.53. The quantitative estimate of drug-likeness (QED) is 0.709. The highest BCUT2D eigenvalue weighted by Gasteiger charge is 2.33. The third-order valence-corrected chi connectivity index (χ3v) is 3.51. The lowest BCUT2D eigenvalue weighted by molar-refractivity contribution is -0.137. The number of nitrogens with one attached hydrogen (secondary N) is 3. The molecule has 2 rings (SSSR count). The van der Waals surface area contributed by atoms with Crippen LogP contribution in [0.3, 0.4) is 0 Å². The molecule has 3 nitrogen and oxygen atoms in total. The molecule has 0 saturated heterocycles. The maximum atomic E-state index is 12.8. The van der Waals surface area contributed by atoms with Crippen LogP contribution in [0.5, 0.6) is 0 Å². The molecule has 0 radical (unpaired) electrons. The van der Waals surface area contributed by atoms with Crippen molar-refractivity contribution in [2.45, 2.75) is 12.7 Å². The third-order valence-electron chi connectivity index (χ3n) is 2.94. The van der Waals surface area contributed by atoms with Crippen LogP contribution in [0.25, 0.3) is 5.73 Å². The van der Waals surface area contributed by atoms with Crippen molar-refractivity contribution in [1.29, 1.82) is 0 Å². The molecular weight excluding hydrogens is 347 g/mol. The molecule has 0 aliphatic heterocycles. The molecule has 122 valence electrons. The van der Waals surface area contributed by atoms with Crippen LogP contribution in [0.2, 0.25) is 5.02 Å². The van der Waals surface area contributed by atoms with Gasteiger partial charge in [0.1, 0.15) is 0 Å². The average molecular weight is 359 g/mol. The van der Waals surface area contributed by atoms with E-state index in [0.717, 1.165) is 11.6 Å². The van der Waals surface area contributed by atoms with E-state index in [1.807, 2.05) is 0 Å². The molecule has 3 N–H and O–H groups in total. The fourth-order valence-electron chi connectivity index (χ4n) is 1.80. The Hall–Kier alpha value is -1.99. The second kappa shape index (κ2) is 7.06. The van der Waals surface area contributed by atoms with Gasteiger partial charge < -0.3 is 16.4 Å². The summed E-state index contributed by atoms with van der Waals surface area (Å²) in [5, 5.41) is 5.40. The highest BCUT2D eigenvalue weighted by Crippen LogP contribution is 2.36. The van der Waals surface area contributed by atoms with Crippen molar-refractivity contribution >= 4 is 40.3 Å². The number of benzene rings is 2. The minimum Gasteiger partial charge on any atom is -0.699 e. The minimum atomic E-state index is -4.53. The Morgan fingerprint density at radius 3 is 2.39 bits per heavy atom. The van der Waals surface area contributed by atoms with E-state index in [0.29, 0.717) is 12.2 Å². The minimum absolute atomic E-state index is 0.190. The van der Waals surface area contributed by atoms with Crippen LogP contribution in [0, 0.1) is 0 Å². The van der Waals surface area contributed by atoms with Crippen molar-refractivity contribution in [3.8, 4) is 0 Å². The number of alkyl halides is 3. The highest BCUT2D eigenvalue weighted by atomic mass is 35.5. The van der Waals surface area contributed by atoms with Crippen molar-refractivity contribution in [2.75, 3.05) is 5.32 Å². The van der Waals surface area contributed by atoms with E-state index in [9.17, 15) is 13.2 Å². The number of thiocarbonyl (C=S) groups is 1. The molecular formula is C15H12ClF3N3S-. The van der Waals surface area contributed by atoms with Crippen molar-refractivity contribution in [2.24, 2.45) is 0 Å². The molecule has 0 atom stereocenters. The zero-order chi connectivity index (χ0) is 17.0. The third kappa shape index (κ3) is 5.01. The topological polar surface area (TPSA) is 47.9 Å². The largest absolute Gasteiger partial charge is 0.699 e. The number of anilines is 1. The summed E-state index contributed by atoms with van der Waals surface area (Å²) in [6, 6.07) is 10.3. The normalized spacial score (nSPS) is 11.1. The predicted molar refractivity (Wildman–Crippen MR) is 89.9 cm³/mol. The monoisotopic (exact) mass is 358 g/mol. The van der Waals surface area contributed by atoms with Crippen LogP contribution in [0.15, 0.2) is 42.5 Å².